The maximum absolute atomic E-state index is 16.8. The highest BCUT2D eigenvalue weighted by Gasteiger charge is 2.50. The smallest absolute Gasteiger partial charge is 0.319 e. The number of fused-ring (bicyclic) bond motifs is 6. The molecular weight excluding hydrogens is 581 g/mol. The maximum atomic E-state index is 16.8. The van der Waals surface area contributed by atoms with Gasteiger partial charge in [-0.05, 0) is 56.6 Å². The van der Waals surface area contributed by atoms with E-state index in [4.69, 9.17) is 26.1 Å². The van der Waals surface area contributed by atoms with E-state index in [1.54, 1.807) is 0 Å². The van der Waals surface area contributed by atoms with Gasteiger partial charge < -0.3 is 19.7 Å². The van der Waals surface area contributed by atoms with Crippen LogP contribution in [0.25, 0.3) is 22.0 Å². The predicted molar refractivity (Wildman–Crippen MR) is 155 cm³/mol. The predicted octanol–water partition coefficient (Wildman–Crippen LogP) is 5.16. The van der Waals surface area contributed by atoms with E-state index in [1.165, 1.54) is 12.4 Å². The van der Waals surface area contributed by atoms with Gasteiger partial charge >= 0.3 is 6.01 Å². The minimum atomic E-state index is -0.905. The molecule has 0 unspecified atom stereocenters. The van der Waals surface area contributed by atoms with Crippen molar-refractivity contribution < 1.29 is 22.6 Å². The van der Waals surface area contributed by atoms with Crippen LogP contribution in [0.3, 0.4) is 0 Å². The summed E-state index contributed by atoms with van der Waals surface area (Å²) in [5, 5.41) is 4.25. The van der Waals surface area contributed by atoms with Crippen LogP contribution in [-0.2, 0) is 0 Å². The molecule has 3 aromatic rings. The number of benzene rings is 1. The summed E-state index contributed by atoms with van der Waals surface area (Å²) in [6, 6.07) is 0.269. The van der Waals surface area contributed by atoms with Crippen LogP contribution in [0.1, 0.15) is 56.4 Å². The Kier molecular flexibility index (Phi) is 5.89. The molecule has 5 atom stereocenters. The van der Waals surface area contributed by atoms with Crippen molar-refractivity contribution in [1.82, 2.24) is 25.2 Å². The van der Waals surface area contributed by atoms with Crippen LogP contribution in [0.4, 0.5) is 19.0 Å². The normalized spacial score (nSPS) is 31.2. The third-order valence-corrected chi connectivity index (χ3v) is 10.9. The monoisotopic (exact) mass is 612 g/mol. The lowest BCUT2D eigenvalue weighted by atomic mass is 9.95. The van der Waals surface area contributed by atoms with Gasteiger partial charge in [0.1, 0.15) is 30.7 Å². The van der Waals surface area contributed by atoms with Gasteiger partial charge in [-0.3, -0.25) is 9.88 Å². The Labute approximate surface area is 251 Å². The molecule has 7 heterocycles. The van der Waals surface area contributed by atoms with Gasteiger partial charge in [-0.15, -0.1) is 0 Å². The molecule has 1 N–H and O–H groups in total. The van der Waals surface area contributed by atoms with Gasteiger partial charge in [-0.2, -0.15) is 9.97 Å². The van der Waals surface area contributed by atoms with Crippen LogP contribution in [0.5, 0.6) is 11.8 Å². The minimum absolute atomic E-state index is 0.00612. The fraction of sp³-hybridized carbons (Fsp3) is 0.581. The fourth-order valence-electron chi connectivity index (χ4n) is 8.46. The number of aromatic nitrogens is 3. The Balaban J connectivity index is 1.23. The SMILES string of the molecule is Fc1c(-c2cncc(Cl)c2C2CC2)c(F)c2nc(OC[C@@]34CCCN3C[C@H](F)C4)nc3c2c1OC[C@@H]1[C@@H]2CC[C@H](CN31)N2. The number of piperazine rings is 1. The number of hydrogen-bond acceptors (Lipinski definition) is 8. The molecule has 9 rings (SSSR count). The van der Waals surface area contributed by atoms with Crippen molar-refractivity contribution in [3.05, 3.63) is 34.6 Å². The molecule has 0 amide bonds. The van der Waals surface area contributed by atoms with Crippen molar-refractivity contribution in [3.63, 3.8) is 0 Å². The highest BCUT2D eigenvalue weighted by Crippen LogP contribution is 2.51. The Morgan fingerprint density at radius 3 is 2.86 bits per heavy atom. The number of rotatable bonds is 5. The van der Waals surface area contributed by atoms with Crippen molar-refractivity contribution in [3.8, 4) is 22.9 Å². The number of pyridine rings is 1. The highest BCUT2D eigenvalue weighted by molar-refractivity contribution is 6.31. The molecule has 0 spiro atoms. The summed E-state index contributed by atoms with van der Waals surface area (Å²) in [5.74, 6) is -1.14. The van der Waals surface area contributed by atoms with Gasteiger partial charge in [0, 0.05) is 49.6 Å². The summed E-state index contributed by atoms with van der Waals surface area (Å²) >= 11 is 6.55. The molecule has 0 radical (unpaired) electrons. The second-order valence-electron chi connectivity index (χ2n) is 13.2. The topological polar surface area (TPSA) is 75.6 Å². The minimum Gasteiger partial charge on any atom is -0.487 e. The molecule has 4 saturated heterocycles. The lowest BCUT2D eigenvalue weighted by molar-refractivity contribution is 0.107. The van der Waals surface area contributed by atoms with E-state index in [0.717, 1.165) is 45.1 Å². The van der Waals surface area contributed by atoms with E-state index in [-0.39, 0.29) is 65.5 Å². The third-order valence-electron chi connectivity index (χ3n) is 10.6. The van der Waals surface area contributed by atoms with E-state index in [1.807, 2.05) is 0 Å². The maximum Gasteiger partial charge on any atom is 0.319 e. The molecule has 8 nitrogen and oxygen atoms in total. The zero-order valence-electron chi connectivity index (χ0n) is 23.6. The third kappa shape index (κ3) is 4.00. The molecule has 6 aliphatic rings. The Morgan fingerprint density at radius 1 is 1.12 bits per heavy atom. The Bertz CT molecular complexity index is 1660. The van der Waals surface area contributed by atoms with E-state index >= 15 is 8.78 Å². The number of anilines is 1. The van der Waals surface area contributed by atoms with Gasteiger partial charge in [0.05, 0.1) is 27.6 Å². The summed E-state index contributed by atoms with van der Waals surface area (Å²) in [6.45, 7) is 2.28. The summed E-state index contributed by atoms with van der Waals surface area (Å²) in [4.78, 5) is 17.9. The zero-order valence-corrected chi connectivity index (χ0v) is 24.3. The van der Waals surface area contributed by atoms with Crippen LogP contribution in [-0.4, -0.2) is 82.5 Å². The van der Waals surface area contributed by atoms with E-state index < -0.39 is 23.3 Å². The van der Waals surface area contributed by atoms with E-state index in [0.29, 0.717) is 41.5 Å². The Hall–Kier alpha value is -2.89. The second kappa shape index (κ2) is 9.55. The molecule has 226 valence electrons. The number of ether oxygens (including phenoxy) is 2. The van der Waals surface area contributed by atoms with Crippen LogP contribution in [0.2, 0.25) is 5.02 Å². The molecule has 5 fully saturated rings. The standard InChI is InChI=1S/C31H32ClF3N6O2/c32-19-10-36-9-18(22(19)15-2-3-15)23-25(34)27-24-28(26(23)35)42-13-21-20-5-4-17(37-20)12-41(21)29(24)39-30(38-27)43-14-31-6-1-7-40(31)11-16(33)8-31/h9-10,15-17,20-21,37H,1-8,11-14H2/t16-,17-,20+,21-,31+/m1/s1. The van der Waals surface area contributed by atoms with Crippen molar-refractivity contribution in [2.45, 2.75) is 80.7 Å². The molecule has 1 saturated carbocycles. The highest BCUT2D eigenvalue weighted by atomic mass is 35.5. The average molecular weight is 613 g/mol. The largest absolute Gasteiger partial charge is 0.487 e. The summed E-state index contributed by atoms with van der Waals surface area (Å²) in [6.07, 6.45) is 8.04. The van der Waals surface area contributed by atoms with Gasteiger partial charge in [-0.25, -0.2) is 13.2 Å². The average Bonchev–Trinajstić information content (AvgIpc) is 3.58. The Morgan fingerprint density at radius 2 is 2.00 bits per heavy atom. The van der Waals surface area contributed by atoms with Gasteiger partial charge in [-0.1, -0.05) is 11.6 Å². The van der Waals surface area contributed by atoms with Gasteiger partial charge in [0.2, 0.25) is 0 Å². The molecule has 43 heavy (non-hydrogen) atoms. The van der Waals surface area contributed by atoms with Crippen molar-refractivity contribution in [2.75, 3.05) is 37.7 Å². The fourth-order valence-corrected chi connectivity index (χ4v) is 8.78. The summed E-state index contributed by atoms with van der Waals surface area (Å²) < 4.78 is 60.4. The van der Waals surface area contributed by atoms with Crippen molar-refractivity contribution >= 4 is 28.3 Å². The van der Waals surface area contributed by atoms with Crippen molar-refractivity contribution in [2.24, 2.45) is 0 Å². The molecule has 1 aromatic carbocycles. The van der Waals surface area contributed by atoms with Gasteiger partial charge in [0.25, 0.3) is 0 Å². The number of nitrogens with one attached hydrogen (secondary N) is 1. The quantitative estimate of drug-likeness (QED) is 0.424. The second-order valence-corrected chi connectivity index (χ2v) is 13.6. The molecule has 5 aliphatic heterocycles. The molecule has 2 aromatic heterocycles. The zero-order chi connectivity index (χ0) is 29.0. The number of halogens is 4. The van der Waals surface area contributed by atoms with Crippen LogP contribution >= 0.6 is 11.6 Å². The number of hydrogen-bond donors (Lipinski definition) is 1. The first-order chi connectivity index (χ1) is 20.9. The molecular formula is C31H32ClF3N6O2. The lowest BCUT2D eigenvalue weighted by Gasteiger charge is -2.40. The van der Waals surface area contributed by atoms with Crippen LogP contribution in [0, 0.1) is 11.6 Å². The molecule has 12 heteroatoms. The number of alkyl halides is 1. The number of nitrogens with zero attached hydrogens (tertiary/aromatic N) is 5. The first-order valence-electron chi connectivity index (χ1n) is 15.4. The van der Waals surface area contributed by atoms with Crippen molar-refractivity contribution in [1.29, 1.82) is 0 Å². The summed E-state index contributed by atoms with van der Waals surface area (Å²) in [5.41, 5.74) is 0.287. The lowest BCUT2D eigenvalue weighted by Crippen LogP contribution is -2.60. The molecule has 1 aliphatic carbocycles. The molecule has 2 bridgehead atoms. The first-order valence-corrected chi connectivity index (χ1v) is 15.8. The van der Waals surface area contributed by atoms with E-state index in [9.17, 15) is 4.39 Å². The van der Waals surface area contributed by atoms with E-state index in [2.05, 4.69) is 25.1 Å². The van der Waals surface area contributed by atoms with Crippen LogP contribution < -0.4 is 19.7 Å². The van der Waals surface area contributed by atoms with Gasteiger partial charge in [0.15, 0.2) is 17.4 Å². The first kappa shape index (κ1) is 26.5. The van der Waals surface area contributed by atoms with Crippen LogP contribution in [0.15, 0.2) is 12.4 Å². The summed E-state index contributed by atoms with van der Waals surface area (Å²) in [7, 11) is 0.